The molecular formula is C14H22OS2. The molecule has 1 saturated heterocycles. The summed E-state index contributed by atoms with van der Waals surface area (Å²) in [6, 6.07) is 0. The highest BCUT2D eigenvalue weighted by molar-refractivity contribution is 8.21. The molecule has 0 amide bonds. The molecular weight excluding hydrogens is 248 g/mol. The maximum absolute atomic E-state index is 10.5. The van der Waals surface area contributed by atoms with E-state index in [1.165, 1.54) is 50.0 Å². The van der Waals surface area contributed by atoms with E-state index in [2.05, 4.69) is 23.5 Å². The van der Waals surface area contributed by atoms with Gasteiger partial charge in [0.2, 0.25) is 0 Å². The van der Waals surface area contributed by atoms with Crippen LogP contribution in [0.3, 0.4) is 0 Å². The smallest absolute Gasteiger partial charge is 0.0669 e. The van der Waals surface area contributed by atoms with Crippen molar-refractivity contribution >= 4 is 23.5 Å². The predicted molar refractivity (Wildman–Crippen MR) is 75.4 cm³/mol. The van der Waals surface area contributed by atoms with Gasteiger partial charge in [-0.3, -0.25) is 0 Å². The summed E-state index contributed by atoms with van der Waals surface area (Å²) in [7, 11) is 0. The first-order valence-corrected chi connectivity index (χ1v) is 9.17. The first-order chi connectivity index (χ1) is 8.24. The molecule has 0 unspecified atom stereocenters. The van der Waals surface area contributed by atoms with Crippen LogP contribution in [-0.4, -0.2) is 26.8 Å². The van der Waals surface area contributed by atoms with Crippen LogP contribution in [0.15, 0.2) is 0 Å². The molecule has 5 aliphatic rings. The number of rotatable bonds is 0. The van der Waals surface area contributed by atoms with E-state index in [0.717, 1.165) is 12.3 Å². The van der Waals surface area contributed by atoms with E-state index in [4.69, 9.17) is 0 Å². The van der Waals surface area contributed by atoms with Gasteiger partial charge < -0.3 is 5.11 Å². The van der Waals surface area contributed by atoms with Crippen LogP contribution in [0.4, 0.5) is 0 Å². The van der Waals surface area contributed by atoms with E-state index in [1.54, 1.807) is 0 Å². The van der Waals surface area contributed by atoms with Gasteiger partial charge in [0, 0.05) is 17.4 Å². The van der Waals surface area contributed by atoms with Crippen LogP contribution in [0.1, 0.15) is 44.9 Å². The highest BCUT2D eigenvalue weighted by Crippen LogP contribution is 2.70. The second kappa shape index (κ2) is 3.83. The molecule has 0 aromatic rings. The first kappa shape index (κ1) is 11.5. The van der Waals surface area contributed by atoms with Gasteiger partial charge in [-0.05, 0) is 43.4 Å². The van der Waals surface area contributed by atoms with E-state index in [1.807, 2.05) is 0 Å². The minimum Gasteiger partial charge on any atom is -0.393 e. The molecule has 0 aromatic carbocycles. The third-order valence-corrected chi connectivity index (χ3v) is 9.55. The van der Waals surface area contributed by atoms with Crippen molar-refractivity contribution in [2.75, 3.05) is 11.5 Å². The van der Waals surface area contributed by atoms with Crippen molar-refractivity contribution in [3.05, 3.63) is 0 Å². The van der Waals surface area contributed by atoms with Gasteiger partial charge in [-0.25, -0.2) is 0 Å². The second-order valence-corrected chi connectivity index (χ2v) is 9.71. The number of aliphatic hydroxyl groups is 1. The molecule has 5 rings (SSSR count). The number of thioether (sulfide) groups is 2. The third kappa shape index (κ3) is 1.51. The first-order valence-electron chi connectivity index (χ1n) is 7.20. The Labute approximate surface area is 113 Å². The van der Waals surface area contributed by atoms with Gasteiger partial charge >= 0.3 is 0 Å². The largest absolute Gasteiger partial charge is 0.393 e. The van der Waals surface area contributed by atoms with Gasteiger partial charge in [0.25, 0.3) is 0 Å². The lowest BCUT2D eigenvalue weighted by molar-refractivity contribution is -0.111. The summed E-state index contributed by atoms with van der Waals surface area (Å²) >= 11 is 4.37. The van der Waals surface area contributed by atoms with Crippen LogP contribution in [0, 0.1) is 17.3 Å². The monoisotopic (exact) mass is 270 g/mol. The van der Waals surface area contributed by atoms with Crippen LogP contribution < -0.4 is 0 Å². The highest BCUT2D eigenvalue weighted by Gasteiger charge is 2.63. The average molecular weight is 270 g/mol. The summed E-state index contributed by atoms with van der Waals surface area (Å²) in [5.41, 5.74) is 0.538. The zero-order chi connectivity index (χ0) is 11.5. The zero-order valence-corrected chi connectivity index (χ0v) is 12.0. The molecule has 17 heavy (non-hydrogen) atoms. The maximum atomic E-state index is 10.5. The molecule has 3 heteroatoms. The Hall–Kier alpha value is 0.660. The summed E-state index contributed by atoms with van der Waals surface area (Å²) in [6.07, 6.45) is 9.62. The van der Waals surface area contributed by atoms with Gasteiger partial charge in [-0.15, -0.1) is 23.5 Å². The van der Waals surface area contributed by atoms with Crippen LogP contribution >= 0.6 is 23.5 Å². The second-order valence-electron chi connectivity index (χ2n) is 6.60. The van der Waals surface area contributed by atoms with Crippen LogP contribution in [0.5, 0.6) is 0 Å². The van der Waals surface area contributed by atoms with Crippen LogP contribution in [0.25, 0.3) is 0 Å². The van der Waals surface area contributed by atoms with Gasteiger partial charge in [0.1, 0.15) is 0 Å². The van der Waals surface area contributed by atoms with Gasteiger partial charge in [0.05, 0.1) is 10.2 Å². The molecule has 1 nitrogen and oxygen atoms in total. The minimum atomic E-state index is 0.0104. The number of fused-ring (bicyclic) bond motifs is 1. The summed E-state index contributed by atoms with van der Waals surface area (Å²) < 4.78 is 0.422. The standard InChI is InChI=1S/C14H22OS2/c15-12-8-13-4-2-1-3-10(13)7-11(12)14(9-13)16-5-6-17-14/h10-12,15H,1-9H2/t10-,11-,12+,13+/m0/s1. The summed E-state index contributed by atoms with van der Waals surface area (Å²) in [6.45, 7) is 0. The van der Waals surface area contributed by atoms with Crippen LogP contribution in [-0.2, 0) is 0 Å². The molecule has 1 aliphatic heterocycles. The molecule has 0 aromatic heterocycles. The predicted octanol–water partition coefficient (Wildman–Crippen LogP) is 3.51. The molecule has 5 fully saturated rings. The lowest BCUT2D eigenvalue weighted by Gasteiger charge is -2.63. The van der Waals surface area contributed by atoms with Gasteiger partial charge in [-0.1, -0.05) is 12.8 Å². The van der Waals surface area contributed by atoms with Gasteiger partial charge in [-0.2, -0.15) is 0 Å². The molecule has 1 heterocycles. The Morgan fingerprint density at radius 3 is 2.76 bits per heavy atom. The fourth-order valence-corrected chi connectivity index (χ4v) is 9.13. The Balaban J connectivity index is 1.72. The van der Waals surface area contributed by atoms with Crippen LogP contribution in [0.2, 0.25) is 0 Å². The number of aliphatic hydroxyl groups excluding tert-OH is 1. The average Bonchev–Trinajstić information content (AvgIpc) is 2.76. The normalized spacial score (nSPS) is 51.7. The Kier molecular flexibility index (Phi) is 2.59. The molecule has 96 valence electrons. The molecule has 2 spiro atoms. The lowest BCUT2D eigenvalue weighted by Crippen LogP contribution is -2.59. The Bertz CT molecular complexity index is 326. The minimum absolute atomic E-state index is 0.0104. The molecule has 0 radical (unpaired) electrons. The van der Waals surface area contributed by atoms with E-state index in [-0.39, 0.29) is 6.10 Å². The van der Waals surface area contributed by atoms with Crippen molar-refractivity contribution in [1.82, 2.24) is 0 Å². The fraction of sp³-hybridized carbons (Fsp3) is 1.00. The number of hydrogen-bond acceptors (Lipinski definition) is 3. The Morgan fingerprint density at radius 1 is 1.12 bits per heavy atom. The van der Waals surface area contributed by atoms with Gasteiger partial charge in [0.15, 0.2) is 0 Å². The summed E-state index contributed by atoms with van der Waals surface area (Å²) in [5, 5.41) is 10.5. The van der Waals surface area contributed by atoms with E-state index >= 15 is 0 Å². The maximum Gasteiger partial charge on any atom is 0.0669 e. The van der Waals surface area contributed by atoms with Crippen molar-refractivity contribution in [3.8, 4) is 0 Å². The molecule has 1 N–H and O–H groups in total. The Morgan fingerprint density at radius 2 is 1.94 bits per heavy atom. The fourth-order valence-electron chi connectivity index (χ4n) is 5.22. The molecule has 4 aliphatic carbocycles. The quantitative estimate of drug-likeness (QED) is 0.727. The van der Waals surface area contributed by atoms with Crippen molar-refractivity contribution in [1.29, 1.82) is 0 Å². The van der Waals surface area contributed by atoms with Crippen molar-refractivity contribution in [3.63, 3.8) is 0 Å². The number of hydrogen-bond donors (Lipinski definition) is 1. The van der Waals surface area contributed by atoms with Crippen molar-refractivity contribution < 1.29 is 5.11 Å². The topological polar surface area (TPSA) is 20.2 Å². The third-order valence-electron chi connectivity index (χ3n) is 5.90. The van der Waals surface area contributed by atoms with E-state index < -0.39 is 0 Å². The van der Waals surface area contributed by atoms with E-state index in [9.17, 15) is 5.11 Å². The molecule has 4 saturated carbocycles. The van der Waals surface area contributed by atoms with Crippen molar-refractivity contribution in [2.24, 2.45) is 17.3 Å². The summed E-state index contributed by atoms with van der Waals surface area (Å²) in [4.78, 5) is 0. The zero-order valence-electron chi connectivity index (χ0n) is 10.4. The highest BCUT2D eigenvalue weighted by atomic mass is 32.2. The molecule has 4 atom stereocenters. The van der Waals surface area contributed by atoms with Crippen molar-refractivity contribution in [2.45, 2.75) is 55.1 Å². The SMILES string of the molecule is O[C@@H]1C[C@@]23CCCC[C@H]2C[C@@H]1C1(C3)SCCS1. The molecule has 2 bridgehead atoms. The summed E-state index contributed by atoms with van der Waals surface area (Å²) in [5.74, 6) is 4.19. The lowest BCUT2D eigenvalue weighted by atomic mass is 9.49. The van der Waals surface area contributed by atoms with E-state index in [0.29, 0.717) is 15.4 Å².